The summed E-state index contributed by atoms with van der Waals surface area (Å²) in [6, 6.07) is 0. The van der Waals surface area contributed by atoms with Crippen LogP contribution in [-0.2, 0) is 39.8 Å². The molecule has 2 rings (SSSR count). The van der Waals surface area contributed by atoms with Crippen LogP contribution in [0.1, 0.15) is 0 Å². The summed E-state index contributed by atoms with van der Waals surface area (Å²) in [5.74, 6) is -0.719. The molecule has 5 atom stereocenters. The van der Waals surface area contributed by atoms with Gasteiger partial charge in [-0.05, 0) is 4.92 Å². The Labute approximate surface area is 180 Å². The van der Waals surface area contributed by atoms with Gasteiger partial charge in [-0.2, -0.15) is 0 Å². The van der Waals surface area contributed by atoms with Crippen LogP contribution in [0.15, 0.2) is 12.4 Å². The average molecular weight is 446 g/mol. The average Bonchev–Trinajstić information content (AvgIpc) is 3.21. The molecule has 0 spiro atoms. The number of carbonyl (C=O) groups is 1. The summed E-state index contributed by atoms with van der Waals surface area (Å²) < 4.78 is 34.8. The van der Waals surface area contributed by atoms with Gasteiger partial charge in [0.15, 0.2) is 12.8 Å². The molecule has 0 aliphatic carbocycles. The van der Waals surface area contributed by atoms with Gasteiger partial charge in [-0.3, -0.25) is 4.79 Å². The minimum Gasteiger partial charge on any atom is -0.390 e. The third-order valence-electron chi connectivity index (χ3n) is 5.04. The summed E-state index contributed by atoms with van der Waals surface area (Å²) >= 11 is 0. The molecule has 0 saturated carbocycles. The van der Waals surface area contributed by atoms with E-state index in [0.29, 0.717) is 0 Å². The molecular formula is C18H30N4O9. The molecule has 1 amide bonds. The molecule has 13 heteroatoms. The molecule has 1 aromatic heterocycles. The lowest BCUT2D eigenvalue weighted by Gasteiger charge is -2.44. The summed E-state index contributed by atoms with van der Waals surface area (Å²) in [5.41, 5.74) is 0. The Bertz CT molecular complexity index is 716. The second-order valence-electron chi connectivity index (χ2n) is 6.90. The number of ether oxygens (including phenoxy) is 6. The van der Waals surface area contributed by atoms with Gasteiger partial charge in [-0.25, -0.2) is 4.57 Å². The zero-order valence-electron chi connectivity index (χ0n) is 18.3. The maximum absolute atomic E-state index is 12.4. The number of nitro groups is 1. The summed E-state index contributed by atoms with van der Waals surface area (Å²) in [5, 5.41) is 10.9. The van der Waals surface area contributed by atoms with E-state index in [2.05, 4.69) is 4.98 Å². The van der Waals surface area contributed by atoms with E-state index in [1.54, 1.807) is 28.4 Å². The minimum absolute atomic E-state index is 0.145. The monoisotopic (exact) mass is 446 g/mol. The van der Waals surface area contributed by atoms with Crippen LogP contribution in [0.25, 0.3) is 0 Å². The fourth-order valence-corrected chi connectivity index (χ4v) is 3.41. The Morgan fingerprint density at radius 2 is 1.90 bits per heavy atom. The lowest BCUT2D eigenvalue weighted by molar-refractivity contribution is -0.396. The number of rotatable bonds is 12. The molecule has 1 aliphatic rings. The van der Waals surface area contributed by atoms with E-state index in [9.17, 15) is 14.9 Å². The van der Waals surface area contributed by atoms with Crippen LogP contribution in [0, 0.1) is 10.1 Å². The first kappa shape index (κ1) is 25.1. The van der Waals surface area contributed by atoms with Gasteiger partial charge in [0, 0.05) is 42.0 Å². The van der Waals surface area contributed by atoms with Gasteiger partial charge in [0.05, 0.1) is 13.2 Å². The van der Waals surface area contributed by atoms with Gasteiger partial charge in [0.2, 0.25) is 0 Å². The summed E-state index contributed by atoms with van der Waals surface area (Å²) in [4.78, 5) is 27.7. The second-order valence-corrected chi connectivity index (χ2v) is 6.90. The number of carbonyl (C=O) groups excluding carboxylic acids is 1. The first-order valence-electron chi connectivity index (χ1n) is 9.61. The maximum atomic E-state index is 12.4. The Morgan fingerprint density at radius 3 is 2.48 bits per heavy atom. The van der Waals surface area contributed by atoms with E-state index >= 15 is 0 Å². The number of methoxy groups -OCH3 is 4. The van der Waals surface area contributed by atoms with Crippen molar-refractivity contribution in [3.8, 4) is 0 Å². The van der Waals surface area contributed by atoms with Crippen molar-refractivity contribution in [1.82, 2.24) is 14.5 Å². The largest absolute Gasteiger partial charge is 0.435 e. The third kappa shape index (κ3) is 6.18. The molecule has 2 heterocycles. The number of likely N-dealkylation sites (N-methyl/N-ethyl adjacent to an activating group) is 1. The van der Waals surface area contributed by atoms with Crippen molar-refractivity contribution in [2.45, 2.75) is 37.3 Å². The molecule has 176 valence electrons. The van der Waals surface area contributed by atoms with Gasteiger partial charge in [-0.15, -0.1) is 0 Å². The predicted octanol–water partition coefficient (Wildman–Crippen LogP) is -0.317. The highest BCUT2D eigenvalue weighted by Gasteiger charge is 2.47. The predicted molar refractivity (Wildman–Crippen MR) is 105 cm³/mol. The summed E-state index contributed by atoms with van der Waals surface area (Å²) in [6.07, 6.45) is 0.0392. The molecule has 0 aromatic carbocycles. The SMILES string of the molecule is COC[C@H]1O[C@@H](OCCN(C)C(=O)Cn2ccnc2[N+](=O)[O-])[C@H](OC)[C@@H](OC)[C@@H]1OC. The van der Waals surface area contributed by atoms with Gasteiger partial charge in [-0.1, -0.05) is 4.98 Å². The number of amides is 1. The van der Waals surface area contributed by atoms with Crippen molar-refractivity contribution in [2.75, 3.05) is 55.2 Å². The molecule has 31 heavy (non-hydrogen) atoms. The number of imidazole rings is 1. The van der Waals surface area contributed by atoms with Crippen molar-refractivity contribution >= 4 is 11.9 Å². The number of aromatic nitrogens is 2. The molecule has 1 aromatic rings. The normalized spacial score (nSPS) is 26.0. The zero-order chi connectivity index (χ0) is 23.0. The van der Waals surface area contributed by atoms with Crippen molar-refractivity contribution < 1.29 is 38.1 Å². The van der Waals surface area contributed by atoms with E-state index < -0.39 is 35.6 Å². The first-order chi connectivity index (χ1) is 14.9. The first-order valence-corrected chi connectivity index (χ1v) is 9.61. The lowest BCUT2D eigenvalue weighted by Crippen LogP contribution is -2.61. The van der Waals surface area contributed by atoms with Crippen molar-refractivity contribution in [3.63, 3.8) is 0 Å². The molecule has 1 aliphatic heterocycles. The molecule has 1 fully saturated rings. The fourth-order valence-electron chi connectivity index (χ4n) is 3.41. The van der Waals surface area contributed by atoms with Crippen LogP contribution in [0.3, 0.4) is 0 Å². The van der Waals surface area contributed by atoms with Crippen LogP contribution in [0.2, 0.25) is 0 Å². The van der Waals surface area contributed by atoms with E-state index in [4.69, 9.17) is 28.4 Å². The van der Waals surface area contributed by atoms with Gasteiger partial charge in [0.1, 0.15) is 36.8 Å². The third-order valence-corrected chi connectivity index (χ3v) is 5.04. The standard InChI is InChI=1S/C18H30N4O9/c1-20(13(23)10-21-7-6-19-18(21)22(24)25)8-9-30-17-16(29-5)15(28-4)14(27-3)12(31-17)11-26-2/h6-7,12,14-17H,8-11H2,1-5H3/t12-,14-,15+,16-,17-/m1/s1. The number of nitrogens with zero attached hydrogens (tertiary/aromatic N) is 4. The highest BCUT2D eigenvalue weighted by Crippen LogP contribution is 2.28. The number of hydrogen-bond donors (Lipinski definition) is 0. The van der Waals surface area contributed by atoms with E-state index in [-0.39, 0.29) is 38.2 Å². The zero-order valence-corrected chi connectivity index (χ0v) is 18.3. The van der Waals surface area contributed by atoms with Crippen LogP contribution in [0.5, 0.6) is 0 Å². The van der Waals surface area contributed by atoms with Gasteiger partial charge >= 0.3 is 5.95 Å². The molecule has 0 unspecified atom stereocenters. The fraction of sp³-hybridized carbons (Fsp3) is 0.778. The highest BCUT2D eigenvalue weighted by atomic mass is 16.7. The van der Waals surface area contributed by atoms with E-state index in [0.717, 1.165) is 0 Å². The Hall–Kier alpha value is -2.16. The van der Waals surface area contributed by atoms with Crippen molar-refractivity contribution in [1.29, 1.82) is 0 Å². The summed E-state index contributed by atoms with van der Waals surface area (Å²) in [6.45, 7) is 0.450. The van der Waals surface area contributed by atoms with Gasteiger partial charge < -0.3 is 43.4 Å². The maximum Gasteiger partial charge on any atom is 0.435 e. The van der Waals surface area contributed by atoms with Crippen LogP contribution >= 0.6 is 0 Å². The van der Waals surface area contributed by atoms with Crippen LogP contribution in [0.4, 0.5) is 5.95 Å². The van der Waals surface area contributed by atoms with Crippen molar-refractivity contribution in [3.05, 3.63) is 22.5 Å². The van der Waals surface area contributed by atoms with Crippen LogP contribution in [-0.4, -0.2) is 111 Å². The second kappa shape index (κ2) is 12.0. The van der Waals surface area contributed by atoms with Crippen LogP contribution < -0.4 is 0 Å². The molecular weight excluding hydrogens is 416 g/mol. The molecule has 0 N–H and O–H groups in total. The van der Waals surface area contributed by atoms with Crippen molar-refractivity contribution in [2.24, 2.45) is 0 Å². The number of hydrogen-bond acceptors (Lipinski definition) is 10. The highest BCUT2D eigenvalue weighted by molar-refractivity contribution is 5.75. The minimum atomic E-state index is -0.764. The Kier molecular flexibility index (Phi) is 9.74. The quantitative estimate of drug-likeness (QED) is 0.310. The lowest BCUT2D eigenvalue weighted by atomic mass is 9.98. The Morgan fingerprint density at radius 1 is 1.23 bits per heavy atom. The van der Waals surface area contributed by atoms with E-state index in [1.807, 2.05) is 0 Å². The van der Waals surface area contributed by atoms with E-state index in [1.165, 1.54) is 29.0 Å². The molecule has 0 bridgehead atoms. The molecule has 1 saturated heterocycles. The molecule has 0 radical (unpaired) electrons. The summed E-state index contributed by atoms with van der Waals surface area (Å²) in [7, 11) is 7.77. The molecule has 13 nitrogen and oxygen atoms in total. The topological polar surface area (TPSA) is 137 Å². The smallest absolute Gasteiger partial charge is 0.390 e. The van der Waals surface area contributed by atoms with Gasteiger partial charge in [0.25, 0.3) is 5.91 Å². The Balaban J connectivity index is 1.93.